The summed E-state index contributed by atoms with van der Waals surface area (Å²) in [6, 6.07) is -12.2. The maximum atomic E-state index is 14.3. The van der Waals surface area contributed by atoms with Crippen LogP contribution in [0.3, 0.4) is 0 Å². The number of aldehydes is 1. The number of hydrogen-bond acceptors (Lipinski definition) is 16. The minimum Gasteiger partial charge on any atom is -0.370 e. The van der Waals surface area contributed by atoms with Gasteiger partial charge in [-0.2, -0.15) is 23.5 Å². The number of likely N-dealkylation sites (tertiary alicyclic amines) is 1. The molecular weight excluding hydrogens is 1050 g/mol. The van der Waals surface area contributed by atoms with E-state index >= 15 is 0 Å². The molecule has 1 aromatic heterocycles. The number of nitrogens with two attached hydrogens (primary N) is 3. The van der Waals surface area contributed by atoms with Gasteiger partial charge in [0, 0.05) is 24.9 Å². The number of nitrogens with zero attached hydrogens (tertiary/aromatic N) is 2. The third kappa shape index (κ3) is 24.2. The van der Waals surface area contributed by atoms with Crippen molar-refractivity contribution in [2.24, 2.45) is 35.0 Å². The molecule has 438 valence electrons. The number of nitrogens with one attached hydrogen (secondary N) is 9. The zero-order chi connectivity index (χ0) is 58.8. The standard InChI is InChI=1S/C50H84N14O12S2/c1-26(2)17-34(45(71)56-29(7)24-65)60-47(73)36(19-28(5)6)61-48(74)37(22-41(53)67)62-43(69)32(12-15-77-8)57-46(72)35(18-27(3)4)59-44(70)33(13-16-78-9)58-49(75)39-11-10-14-64(39)50(76)38(20-30-23-54-25-55-30)63-42(68)31(51)21-40(52)66/h23-29,31-39H,10-22,51H2,1-9H3,(H2,52,66)(H2,53,67)(H,54,55)(H,56,71)(H,57,72)(H,58,75)(H,59,70)(H,60,73)(H,61,74)(H,62,69)(H,63,68)/t29-,31-,32-,33-,34-,35-,36-,37-,38-,39-/m0/s1. The van der Waals surface area contributed by atoms with E-state index in [4.69, 9.17) is 17.2 Å². The summed E-state index contributed by atoms with van der Waals surface area (Å²) in [5.74, 6) is -8.24. The highest BCUT2D eigenvalue weighted by molar-refractivity contribution is 7.98. The van der Waals surface area contributed by atoms with Crippen molar-refractivity contribution in [2.75, 3.05) is 30.6 Å². The van der Waals surface area contributed by atoms with Gasteiger partial charge in [-0.05, 0) is 93.6 Å². The Balaban J connectivity index is 2.37. The lowest BCUT2D eigenvalue weighted by atomic mass is 9.99. The number of amides is 11. The first kappa shape index (κ1) is 67.8. The quantitative estimate of drug-likeness (QED) is 0.0316. The fourth-order valence-electron chi connectivity index (χ4n) is 8.42. The molecule has 10 atom stereocenters. The Morgan fingerprint density at radius 3 is 1.47 bits per heavy atom. The molecule has 11 amide bonds. The van der Waals surface area contributed by atoms with Crippen LogP contribution in [0.1, 0.15) is 112 Å². The molecule has 0 radical (unpaired) electrons. The summed E-state index contributed by atoms with van der Waals surface area (Å²) in [6.45, 7) is 12.5. The minimum absolute atomic E-state index is 0.0298. The number of aromatic amines is 1. The second-order valence-electron chi connectivity index (χ2n) is 20.7. The first-order valence-electron chi connectivity index (χ1n) is 26.2. The number of hydrogen-bond donors (Lipinski definition) is 12. The van der Waals surface area contributed by atoms with E-state index in [2.05, 4.69) is 52.5 Å². The van der Waals surface area contributed by atoms with Crippen LogP contribution >= 0.6 is 23.5 Å². The molecule has 1 aromatic rings. The zero-order valence-electron chi connectivity index (χ0n) is 46.3. The molecule has 78 heavy (non-hydrogen) atoms. The molecular formula is C50H84N14O12S2. The highest BCUT2D eigenvalue weighted by atomic mass is 32.2. The number of primary amides is 2. The number of thioether (sulfide) groups is 2. The monoisotopic (exact) mass is 1140 g/mol. The minimum atomic E-state index is -1.63. The van der Waals surface area contributed by atoms with E-state index < -0.39 is 138 Å². The first-order valence-corrected chi connectivity index (χ1v) is 29.0. The molecule has 15 N–H and O–H groups in total. The Bertz CT molecular complexity index is 2200. The molecule has 1 fully saturated rings. The SMILES string of the molecule is CSCC[C@H](NC(=O)[C@H](CC(C)C)NC(=O)[C@H](CCSC)NC(=O)[C@@H]1CCCN1C(=O)[C@H](Cc1cnc[nH]1)NC(=O)[C@@H](N)CC(N)=O)C(=O)N[C@@H](CC(N)=O)C(=O)N[C@@H](CC(C)C)C(=O)N[C@@H](CC(C)C)C(=O)N[C@@H](C)C=O. The normalized spacial score (nSPS) is 16.7. The van der Waals surface area contributed by atoms with Crippen molar-refractivity contribution in [1.82, 2.24) is 57.4 Å². The largest absolute Gasteiger partial charge is 0.370 e. The van der Waals surface area contributed by atoms with E-state index in [1.165, 1.54) is 47.9 Å². The van der Waals surface area contributed by atoms with Crippen LogP contribution in [0, 0.1) is 17.8 Å². The van der Waals surface area contributed by atoms with E-state index in [0.717, 1.165) is 0 Å². The van der Waals surface area contributed by atoms with Crippen molar-refractivity contribution < 1.29 is 57.5 Å². The third-order valence-corrected chi connectivity index (χ3v) is 13.6. The van der Waals surface area contributed by atoms with Crippen LogP contribution in [0.15, 0.2) is 12.5 Å². The fourth-order valence-corrected chi connectivity index (χ4v) is 9.37. The lowest BCUT2D eigenvalue weighted by Gasteiger charge is -2.30. The predicted molar refractivity (Wildman–Crippen MR) is 294 cm³/mol. The molecule has 0 spiro atoms. The Labute approximate surface area is 464 Å². The van der Waals surface area contributed by atoms with Crippen LogP contribution in [0.25, 0.3) is 0 Å². The number of rotatable bonds is 36. The number of imidazole rings is 1. The van der Waals surface area contributed by atoms with Gasteiger partial charge in [-0.15, -0.1) is 0 Å². The van der Waals surface area contributed by atoms with Crippen molar-refractivity contribution in [3.63, 3.8) is 0 Å². The Morgan fingerprint density at radius 2 is 1.04 bits per heavy atom. The molecule has 0 aromatic carbocycles. The fraction of sp³-hybridized carbons (Fsp3) is 0.700. The van der Waals surface area contributed by atoms with Crippen LogP contribution in [-0.4, -0.2) is 177 Å². The van der Waals surface area contributed by atoms with Crippen LogP contribution in [0.2, 0.25) is 0 Å². The maximum Gasteiger partial charge on any atom is 0.246 e. The molecule has 28 heteroatoms. The molecule has 2 rings (SSSR count). The van der Waals surface area contributed by atoms with Crippen LogP contribution in [0.5, 0.6) is 0 Å². The summed E-state index contributed by atoms with van der Waals surface area (Å²) in [7, 11) is 0. The summed E-state index contributed by atoms with van der Waals surface area (Å²) in [6.07, 6.45) is 6.86. The van der Waals surface area contributed by atoms with Crippen molar-refractivity contribution >= 4 is 94.8 Å². The van der Waals surface area contributed by atoms with E-state index in [1.54, 1.807) is 26.4 Å². The van der Waals surface area contributed by atoms with Gasteiger partial charge in [0.05, 0.1) is 31.3 Å². The molecule has 26 nitrogen and oxygen atoms in total. The smallest absolute Gasteiger partial charge is 0.246 e. The number of carbonyl (C=O) groups excluding carboxylic acids is 12. The summed E-state index contributed by atoms with van der Waals surface area (Å²) in [5.41, 5.74) is 17.1. The van der Waals surface area contributed by atoms with Gasteiger partial charge in [-0.25, -0.2) is 4.98 Å². The summed E-state index contributed by atoms with van der Waals surface area (Å²) < 4.78 is 0. The predicted octanol–water partition coefficient (Wildman–Crippen LogP) is -2.24. The number of carbonyl (C=O) groups is 12. The Hall–Kier alpha value is -6.29. The Morgan fingerprint density at radius 1 is 0.615 bits per heavy atom. The summed E-state index contributed by atoms with van der Waals surface area (Å²) in [5, 5.41) is 21.1. The Kier molecular flexibility index (Phi) is 30.1. The molecule has 0 aliphatic carbocycles. The van der Waals surface area contributed by atoms with Gasteiger partial charge in [-0.3, -0.25) is 52.7 Å². The lowest BCUT2D eigenvalue weighted by molar-refractivity contribution is -0.142. The van der Waals surface area contributed by atoms with Gasteiger partial charge in [0.1, 0.15) is 54.6 Å². The van der Waals surface area contributed by atoms with Gasteiger partial charge in [0.15, 0.2) is 0 Å². The van der Waals surface area contributed by atoms with Crippen LogP contribution < -0.4 is 59.7 Å². The van der Waals surface area contributed by atoms with Crippen molar-refractivity contribution in [2.45, 2.75) is 173 Å². The van der Waals surface area contributed by atoms with Crippen LogP contribution in [0.4, 0.5) is 0 Å². The van der Waals surface area contributed by atoms with Gasteiger partial charge in [-0.1, -0.05) is 41.5 Å². The molecule has 0 saturated carbocycles. The molecule has 2 heterocycles. The van der Waals surface area contributed by atoms with E-state index in [-0.39, 0.29) is 69.2 Å². The van der Waals surface area contributed by atoms with E-state index in [1.807, 2.05) is 27.7 Å². The first-order chi connectivity index (χ1) is 36.7. The van der Waals surface area contributed by atoms with Crippen molar-refractivity contribution in [1.29, 1.82) is 0 Å². The van der Waals surface area contributed by atoms with Crippen LogP contribution in [-0.2, 0) is 64.0 Å². The highest BCUT2D eigenvalue weighted by Crippen LogP contribution is 2.21. The highest BCUT2D eigenvalue weighted by Gasteiger charge is 2.41. The molecule has 1 aliphatic heterocycles. The summed E-state index contributed by atoms with van der Waals surface area (Å²) >= 11 is 2.75. The topological polar surface area (TPSA) is 411 Å². The molecule has 1 saturated heterocycles. The lowest BCUT2D eigenvalue weighted by Crippen LogP contribution is -2.61. The summed E-state index contributed by atoms with van der Waals surface area (Å²) in [4.78, 5) is 168. The van der Waals surface area contributed by atoms with Gasteiger partial charge in [0.25, 0.3) is 0 Å². The number of aromatic nitrogens is 2. The van der Waals surface area contributed by atoms with E-state index in [0.29, 0.717) is 29.9 Å². The number of H-pyrrole nitrogens is 1. The third-order valence-electron chi connectivity index (χ3n) is 12.3. The second kappa shape index (κ2) is 34.6. The average Bonchev–Trinajstić information content (AvgIpc) is 4.07. The molecule has 1 aliphatic rings. The second-order valence-corrected chi connectivity index (χ2v) is 22.7. The van der Waals surface area contributed by atoms with Gasteiger partial charge < -0.3 is 74.4 Å². The zero-order valence-corrected chi connectivity index (χ0v) is 47.9. The molecule has 0 bridgehead atoms. The van der Waals surface area contributed by atoms with Crippen molar-refractivity contribution in [3.05, 3.63) is 18.2 Å². The van der Waals surface area contributed by atoms with E-state index in [9.17, 15) is 57.5 Å². The van der Waals surface area contributed by atoms with Gasteiger partial charge in [0.2, 0.25) is 65.0 Å². The van der Waals surface area contributed by atoms with Gasteiger partial charge >= 0.3 is 0 Å². The molecule has 0 unspecified atom stereocenters. The maximum absolute atomic E-state index is 14.3. The average molecular weight is 1140 g/mol. The van der Waals surface area contributed by atoms with Crippen molar-refractivity contribution in [3.8, 4) is 0 Å².